The number of nitrogens with one attached hydrogen (secondary N) is 1. The molecule has 2 amide bonds. The number of rotatable bonds is 8. The Bertz CT molecular complexity index is 1140. The first kappa shape index (κ1) is 22.9. The maximum Gasteiger partial charge on any atom is 0.252 e. The van der Waals surface area contributed by atoms with Gasteiger partial charge in [0.1, 0.15) is 12.4 Å². The number of thioether (sulfide) groups is 1. The molecule has 5 nitrogen and oxygen atoms in total. The van der Waals surface area contributed by atoms with Gasteiger partial charge < -0.3 is 15.0 Å². The number of amides is 2. The molecule has 6 heteroatoms. The summed E-state index contributed by atoms with van der Waals surface area (Å²) in [6.45, 7) is 5.52. The summed E-state index contributed by atoms with van der Waals surface area (Å²) in [6, 6.07) is 21.5. The molecule has 0 saturated carbocycles. The maximum atomic E-state index is 12.9. The molecule has 0 aromatic heterocycles. The fraction of sp³-hybridized carbons (Fsp3) is 0.259. The molecule has 3 aromatic carbocycles. The summed E-state index contributed by atoms with van der Waals surface area (Å²) >= 11 is 1.40. The number of fused-ring (bicyclic) bond motifs is 1. The van der Waals surface area contributed by atoms with E-state index in [0.29, 0.717) is 25.3 Å². The maximum absolute atomic E-state index is 12.9. The van der Waals surface area contributed by atoms with Crippen LogP contribution in [-0.4, -0.2) is 37.3 Å². The van der Waals surface area contributed by atoms with Crippen LogP contribution in [0, 0.1) is 13.8 Å². The highest BCUT2D eigenvalue weighted by molar-refractivity contribution is 8.00. The average molecular weight is 461 g/mol. The number of anilines is 1. The van der Waals surface area contributed by atoms with Gasteiger partial charge in [-0.2, -0.15) is 0 Å². The molecule has 33 heavy (non-hydrogen) atoms. The summed E-state index contributed by atoms with van der Waals surface area (Å²) in [6.07, 6.45) is 0.885. The van der Waals surface area contributed by atoms with Crippen molar-refractivity contribution >= 4 is 29.3 Å². The van der Waals surface area contributed by atoms with Gasteiger partial charge in [-0.25, -0.2) is 0 Å². The van der Waals surface area contributed by atoms with Crippen LogP contribution in [0.5, 0.6) is 5.75 Å². The normalized spacial score (nSPS) is 12.4. The van der Waals surface area contributed by atoms with Gasteiger partial charge in [-0.1, -0.05) is 48.5 Å². The fourth-order valence-electron chi connectivity index (χ4n) is 4.03. The van der Waals surface area contributed by atoms with E-state index in [9.17, 15) is 9.59 Å². The summed E-state index contributed by atoms with van der Waals surface area (Å²) in [7, 11) is 0. The molecule has 0 saturated heterocycles. The van der Waals surface area contributed by atoms with E-state index in [4.69, 9.17) is 4.74 Å². The van der Waals surface area contributed by atoms with Crippen molar-refractivity contribution in [2.75, 3.05) is 30.3 Å². The van der Waals surface area contributed by atoms with Crippen molar-refractivity contribution in [3.05, 3.63) is 89.0 Å². The van der Waals surface area contributed by atoms with E-state index in [0.717, 1.165) is 33.9 Å². The van der Waals surface area contributed by atoms with Crippen molar-refractivity contribution < 1.29 is 14.3 Å². The summed E-state index contributed by atoms with van der Waals surface area (Å²) in [5.41, 5.74) is 4.93. The summed E-state index contributed by atoms with van der Waals surface area (Å²) in [4.78, 5) is 28.3. The highest BCUT2D eigenvalue weighted by atomic mass is 32.2. The highest BCUT2D eigenvalue weighted by Gasteiger charge is 2.24. The molecule has 4 rings (SSSR count). The zero-order chi connectivity index (χ0) is 23.2. The second-order valence-corrected chi connectivity index (χ2v) is 9.05. The summed E-state index contributed by atoms with van der Waals surface area (Å²) in [5.74, 6) is 1.04. The number of carbonyl (C=O) groups excluding carboxylic acids is 2. The van der Waals surface area contributed by atoms with E-state index in [2.05, 4.69) is 11.4 Å². The molecule has 3 aromatic rings. The van der Waals surface area contributed by atoms with Crippen LogP contribution >= 0.6 is 11.8 Å². The van der Waals surface area contributed by atoms with Gasteiger partial charge in [0.2, 0.25) is 5.91 Å². The van der Waals surface area contributed by atoms with Crippen molar-refractivity contribution in [1.29, 1.82) is 0 Å². The van der Waals surface area contributed by atoms with E-state index >= 15 is 0 Å². The Morgan fingerprint density at radius 3 is 2.52 bits per heavy atom. The van der Waals surface area contributed by atoms with Gasteiger partial charge in [0.15, 0.2) is 0 Å². The van der Waals surface area contributed by atoms with Gasteiger partial charge in [0.25, 0.3) is 5.91 Å². The lowest BCUT2D eigenvalue weighted by molar-refractivity contribution is -0.116. The van der Waals surface area contributed by atoms with Gasteiger partial charge in [-0.3, -0.25) is 9.59 Å². The number of benzene rings is 3. The van der Waals surface area contributed by atoms with E-state index in [1.54, 1.807) is 6.07 Å². The van der Waals surface area contributed by atoms with Crippen LogP contribution in [0.15, 0.2) is 71.6 Å². The fourth-order valence-corrected chi connectivity index (χ4v) is 4.96. The van der Waals surface area contributed by atoms with Crippen LogP contribution in [0.4, 0.5) is 5.69 Å². The Kier molecular flexibility index (Phi) is 7.35. The van der Waals surface area contributed by atoms with Crippen LogP contribution in [0.2, 0.25) is 0 Å². The number of ether oxygens (including phenoxy) is 1. The number of carbonyl (C=O) groups is 2. The largest absolute Gasteiger partial charge is 0.491 e. The first-order chi connectivity index (χ1) is 16.0. The molecule has 1 aliphatic rings. The van der Waals surface area contributed by atoms with Crippen LogP contribution < -0.4 is 15.0 Å². The topological polar surface area (TPSA) is 58.6 Å². The molecule has 1 heterocycles. The van der Waals surface area contributed by atoms with Crippen LogP contribution in [0.1, 0.15) is 27.0 Å². The molecule has 0 radical (unpaired) electrons. The van der Waals surface area contributed by atoms with Gasteiger partial charge in [-0.15, -0.1) is 11.8 Å². The molecule has 0 unspecified atom stereocenters. The third kappa shape index (κ3) is 5.40. The molecule has 0 spiro atoms. The third-order valence-electron chi connectivity index (χ3n) is 5.71. The molecule has 0 aliphatic carbocycles. The zero-order valence-electron chi connectivity index (χ0n) is 19.0. The molecule has 0 bridgehead atoms. The van der Waals surface area contributed by atoms with Crippen molar-refractivity contribution in [1.82, 2.24) is 5.32 Å². The number of hydrogen-bond donors (Lipinski definition) is 1. The number of para-hydroxylation sites is 2. The molecule has 1 N–H and O–H groups in total. The Balaban J connectivity index is 1.31. The molecule has 0 atom stereocenters. The van der Waals surface area contributed by atoms with E-state index in [-0.39, 0.29) is 17.6 Å². The van der Waals surface area contributed by atoms with E-state index in [1.807, 2.05) is 73.3 Å². The molecule has 1 aliphatic heterocycles. The predicted octanol–water partition coefficient (Wildman–Crippen LogP) is 4.79. The van der Waals surface area contributed by atoms with Gasteiger partial charge >= 0.3 is 0 Å². The molecule has 0 fully saturated rings. The lowest BCUT2D eigenvalue weighted by atomic mass is 10.1. The Labute approximate surface area is 199 Å². The standard InChI is InChI=1S/C27H28N2O3S/c1-19-8-7-9-20(2)26(19)32-17-15-28-27(31)22-11-4-6-13-24(22)33-18-25(30)29-16-14-21-10-3-5-12-23(21)29/h3-13H,14-18H2,1-2H3,(H,28,31). The lowest BCUT2D eigenvalue weighted by Crippen LogP contribution is -2.31. The Morgan fingerprint density at radius 1 is 0.970 bits per heavy atom. The van der Waals surface area contributed by atoms with Crippen molar-refractivity contribution in [2.45, 2.75) is 25.2 Å². The number of hydrogen-bond acceptors (Lipinski definition) is 4. The molecular weight excluding hydrogens is 432 g/mol. The first-order valence-corrected chi connectivity index (χ1v) is 12.1. The second-order valence-electron chi connectivity index (χ2n) is 8.03. The predicted molar refractivity (Wildman–Crippen MR) is 133 cm³/mol. The van der Waals surface area contributed by atoms with Crippen molar-refractivity contribution in [3.63, 3.8) is 0 Å². The minimum absolute atomic E-state index is 0.0576. The van der Waals surface area contributed by atoms with Crippen LogP contribution in [0.3, 0.4) is 0 Å². The average Bonchev–Trinajstić information content (AvgIpc) is 3.26. The second kappa shape index (κ2) is 10.6. The minimum Gasteiger partial charge on any atom is -0.491 e. The van der Waals surface area contributed by atoms with Gasteiger partial charge in [0, 0.05) is 17.1 Å². The monoisotopic (exact) mass is 460 g/mol. The van der Waals surface area contributed by atoms with Crippen LogP contribution in [0.25, 0.3) is 0 Å². The highest BCUT2D eigenvalue weighted by Crippen LogP contribution is 2.29. The third-order valence-corrected chi connectivity index (χ3v) is 6.77. The van der Waals surface area contributed by atoms with E-state index in [1.165, 1.54) is 17.3 Å². The summed E-state index contributed by atoms with van der Waals surface area (Å²) in [5, 5.41) is 2.93. The smallest absolute Gasteiger partial charge is 0.252 e. The molecular formula is C27H28N2O3S. The summed E-state index contributed by atoms with van der Waals surface area (Å²) < 4.78 is 5.88. The van der Waals surface area contributed by atoms with Crippen LogP contribution in [-0.2, 0) is 11.2 Å². The van der Waals surface area contributed by atoms with E-state index < -0.39 is 0 Å². The Morgan fingerprint density at radius 2 is 1.70 bits per heavy atom. The number of aryl methyl sites for hydroxylation is 2. The zero-order valence-corrected chi connectivity index (χ0v) is 19.8. The SMILES string of the molecule is Cc1cccc(C)c1OCCNC(=O)c1ccccc1SCC(=O)N1CCc2ccccc21. The van der Waals surface area contributed by atoms with Crippen molar-refractivity contribution in [2.24, 2.45) is 0 Å². The van der Waals surface area contributed by atoms with Crippen molar-refractivity contribution in [3.8, 4) is 5.75 Å². The Hall–Kier alpha value is -3.25. The quantitative estimate of drug-likeness (QED) is 0.388. The minimum atomic E-state index is -0.165. The van der Waals surface area contributed by atoms with Gasteiger partial charge in [0.05, 0.1) is 17.9 Å². The first-order valence-electron chi connectivity index (χ1n) is 11.1. The lowest BCUT2D eigenvalue weighted by Gasteiger charge is -2.17. The molecule has 170 valence electrons. The number of nitrogens with zero attached hydrogens (tertiary/aromatic N) is 1. The van der Waals surface area contributed by atoms with Gasteiger partial charge in [-0.05, 0) is 55.2 Å².